The van der Waals surface area contributed by atoms with Crippen LogP contribution in [0.25, 0.3) is 0 Å². The molecule has 0 aliphatic carbocycles. The third kappa shape index (κ3) is 5.61. The Kier molecular flexibility index (Phi) is 6.86. The average molecular weight is 286 g/mol. The van der Waals surface area contributed by atoms with Gasteiger partial charge in [0.2, 0.25) is 0 Å². The second kappa shape index (κ2) is 8.16. The first kappa shape index (κ1) is 16.0. The molecule has 0 atom stereocenters. The van der Waals surface area contributed by atoms with Gasteiger partial charge in [0.15, 0.2) is 5.16 Å². The van der Waals surface area contributed by atoms with Crippen molar-refractivity contribution in [2.24, 2.45) is 0 Å². The smallest absolute Gasteiger partial charge is 0.191 e. The standard InChI is InChI=1S/C12H22N4O2S/c1-4-6-10-13-14-12(19-9-11(17)18)16(10)8-5-7-15(2)3/h4-9H2,1-3H3,(H,17,18). The van der Waals surface area contributed by atoms with Gasteiger partial charge in [-0.15, -0.1) is 10.2 Å². The van der Waals surface area contributed by atoms with Crippen LogP contribution in [0.4, 0.5) is 0 Å². The highest BCUT2D eigenvalue weighted by Gasteiger charge is 2.12. The van der Waals surface area contributed by atoms with Crippen molar-refractivity contribution in [1.29, 1.82) is 0 Å². The molecule has 1 rings (SSSR count). The van der Waals surface area contributed by atoms with Crippen molar-refractivity contribution >= 4 is 17.7 Å². The summed E-state index contributed by atoms with van der Waals surface area (Å²) in [6.07, 6.45) is 2.89. The Morgan fingerprint density at radius 1 is 1.42 bits per heavy atom. The number of carbonyl (C=O) groups excluding carboxylic acids is 1. The van der Waals surface area contributed by atoms with Gasteiger partial charge >= 0.3 is 0 Å². The van der Waals surface area contributed by atoms with Gasteiger partial charge in [0.05, 0.1) is 26.6 Å². The van der Waals surface area contributed by atoms with Crippen molar-refractivity contribution in [2.45, 2.75) is 37.9 Å². The predicted octanol–water partition coefficient (Wildman–Crippen LogP) is -1.39. The summed E-state index contributed by atoms with van der Waals surface area (Å²) in [5.41, 5.74) is 0. The van der Waals surface area contributed by atoms with E-state index in [0.717, 1.165) is 38.2 Å². The molecule has 19 heavy (non-hydrogen) atoms. The van der Waals surface area contributed by atoms with Gasteiger partial charge in [0.1, 0.15) is 5.82 Å². The molecule has 0 fully saturated rings. The van der Waals surface area contributed by atoms with E-state index in [1.807, 2.05) is 4.57 Å². The Hall–Kier alpha value is -1.08. The SMILES string of the molecule is CCCc1nnc(SCC(=O)[O-])n1CCC[NH+](C)C. The zero-order valence-electron chi connectivity index (χ0n) is 11.8. The minimum absolute atomic E-state index is 0.0802. The first-order chi connectivity index (χ1) is 9.04. The second-order valence-electron chi connectivity index (χ2n) is 4.77. The zero-order valence-corrected chi connectivity index (χ0v) is 12.6. The molecule has 108 valence electrons. The molecule has 0 saturated heterocycles. The molecule has 0 spiro atoms. The largest absolute Gasteiger partial charge is 0.549 e. The molecule has 0 aliphatic heterocycles. The first-order valence-electron chi connectivity index (χ1n) is 6.58. The van der Waals surface area contributed by atoms with E-state index >= 15 is 0 Å². The topological polar surface area (TPSA) is 75.3 Å². The van der Waals surface area contributed by atoms with Gasteiger partial charge < -0.3 is 19.4 Å². The van der Waals surface area contributed by atoms with Gasteiger partial charge in [0, 0.05) is 25.1 Å². The molecule has 7 heteroatoms. The molecule has 6 nitrogen and oxygen atoms in total. The van der Waals surface area contributed by atoms with Gasteiger partial charge in [-0.1, -0.05) is 18.7 Å². The molecule has 1 aromatic heterocycles. The van der Waals surface area contributed by atoms with Crippen LogP contribution in [0.2, 0.25) is 0 Å². The second-order valence-corrected chi connectivity index (χ2v) is 5.71. The maximum atomic E-state index is 10.5. The van der Waals surface area contributed by atoms with Crippen LogP contribution in [0.3, 0.4) is 0 Å². The summed E-state index contributed by atoms with van der Waals surface area (Å²) in [6, 6.07) is 0. The van der Waals surface area contributed by atoms with Crippen LogP contribution in [0.15, 0.2) is 5.16 Å². The van der Waals surface area contributed by atoms with E-state index < -0.39 is 5.97 Å². The highest BCUT2D eigenvalue weighted by atomic mass is 32.2. The number of hydrogen-bond donors (Lipinski definition) is 1. The number of nitrogens with one attached hydrogen (secondary N) is 1. The summed E-state index contributed by atoms with van der Waals surface area (Å²) < 4.78 is 2.04. The fraction of sp³-hybridized carbons (Fsp3) is 0.750. The van der Waals surface area contributed by atoms with E-state index in [9.17, 15) is 9.90 Å². The quantitative estimate of drug-likeness (QED) is 0.566. The van der Waals surface area contributed by atoms with E-state index in [1.54, 1.807) is 0 Å². The van der Waals surface area contributed by atoms with E-state index in [-0.39, 0.29) is 5.75 Å². The summed E-state index contributed by atoms with van der Waals surface area (Å²) in [7, 11) is 4.23. The molecule has 0 aliphatic rings. The maximum Gasteiger partial charge on any atom is 0.191 e. The van der Waals surface area contributed by atoms with E-state index in [1.165, 1.54) is 16.7 Å². The van der Waals surface area contributed by atoms with E-state index in [2.05, 4.69) is 31.2 Å². The molecule has 0 saturated carbocycles. The summed E-state index contributed by atoms with van der Waals surface area (Å²) in [5, 5.41) is 19.4. The van der Waals surface area contributed by atoms with Gasteiger partial charge in [-0.05, 0) is 6.42 Å². The fourth-order valence-corrected chi connectivity index (χ4v) is 2.47. The van der Waals surface area contributed by atoms with Gasteiger partial charge in [-0.25, -0.2) is 0 Å². The van der Waals surface area contributed by atoms with Gasteiger partial charge in [-0.2, -0.15) is 0 Å². The number of carboxylic acid groups (broad SMARTS) is 1. The Labute approximate surface area is 118 Å². The number of quaternary nitrogens is 1. The minimum Gasteiger partial charge on any atom is -0.549 e. The highest BCUT2D eigenvalue weighted by molar-refractivity contribution is 7.99. The summed E-state index contributed by atoms with van der Waals surface area (Å²) in [4.78, 5) is 11.9. The van der Waals surface area contributed by atoms with Crippen LogP contribution >= 0.6 is 11.8 Å². The number of hydrogen-bond acceptors (Lipinski definition) is 5. The van der Waals surface area contributed by atoms with Crippen LogP contribution in [0.1, 0.15) is 25.6 Å². The normalized spacial score (nSPS) is 11.2. The van der Waals surface area contributed by atoms with E-state index in [4.69, 9.17) is 0 Å². The number of carbonyl (C=O) groups is 1. The summed E-state index contributed by atoms with van der Waals surface area (Å²) in [6.45, 7) is 3.99. The maximum absolute atomic E-state index is 10.5. The number of rotatable bonds is 9. The Morgan fingerprint density at radius 3 is 2.74 bits per heavy atom. The molecule has 0 bridgehead atoms. The fourth-order valence-electron chi connectivity index (χ4n) is 1.77. The Morgan fingerprint density at radius 2 is 2.16 bits per heavy atom. The molecule has 0 aromatic carbocycles. The minimum atomic E-state index is -1.07. The highest BCUT2D eigenvalue weighted by Crippen LogP contribution is 2.17. The molecule has 0 radical (unpaired) electrons. The lowest BCUT2D eigenvalue weighted by Crippen LogP contribution is -3.05. The number of thioether (sulfide) groups is 1. The van der Waals surface area contributed by atoms with Crippen LogP contribution in [-0.2, 0) is 17.8 Å². The molecule has 1 heterocycles. The average Bonchev–Trinajstić information content (AvgIpc) is 2.70. The lowest BCUT2D eigenvalue weighted by Gasteiger charge is -2.11. The van der Waals surface area contributed by atoms with Crippen molar-refractivity contribution in [2.75, 3.05) is 26.4 Å². The number of nitrogens with zero attached hydrogens (tertiary/aromatic N) is 3. The molecule has 0 unspecified atom stereocenters. The van der Waals surface area contributed by atoms with Crippen LogP contribution < -0.4 is 10.0 Å². The Bertz CT molecular complexity index is 406. The summed E-state index contributed by atoms with van der Waals surface area (Å²) >= 11 is 1.18. The van der Waals surface area contributed by atoms with Gasteiger partial charge in [0.25, 0.3) is 0 Å². The lowest BCUT2D eigenvalue weighted by molar-refractivity contribution is -0.858. The van der Waals surface area contributed by atoms with E-state index in [0.29, 0.717) is 5.16 Å². The van der Waals surface area contributed by atoms with Crippen molar-refractivity contribution in [3.8, 4) is 0 Å². The monoisotopic (exact) mass is 286 g/mol. The predicted molar refractivity (Wildman–Crippen MR) is 72.0 cm³/mol. The van der Waals surface area contributed by atoms with Crippen LogP contribution in [0.5, 0.6) is 0 Å². The van der Waals surface area contributed by atoms with Crippen LogP contribution in [0, 0.1) is 0 Å². The number of aromatic nitrogens is 3. The molecular formula is C12H22N4O2S. The van der Waals surface area contributed by atoms with Crippen molar-refractivity contribution in [3.63, 3.8) is 0 Å². The first-order valence-corrected chi connectivity index (χ1v) is 7.57. The van der Waals surface area contributed by atoms with Crippen molar-refractivity contribution in [1.82, 2.24) is 14.8 Å². The van der Waals surface area contributed by atoms with Crippen molar-refractivity contribution < 1.29 is 14.8 Å². The third-order valence-electron chi connectivity index (χ3n) is 2.64. The number of aliphatic carboxylic acids is 1. The zero-order chi connectivity index (χ0) is 14.3. The molecule has 1 aromatic rings. The molecular weight excluding hydrogens is 264 g/mol. The lowest BCUT2D eigenvalue weighted by atomic mass is 10.3. The number of carboxylic acids is 1. The van der Waals surface area contributed by atoms with Gasteiger partial charge in [-0.3, -0.25) is 0 Å². The van der Waals surface area contributed by atoms with Crippen LogP contribution in [-0.4, -0.2) is 47.1 Å². The molecule has 0 amide bonds. The number of aryl methyl sites for hydroxylation is 1. The third-order valence-corrected chi connectivity index (χ3v) is 3.58. The summed E-state index contributed by atoms with van der Waals surface area (Å²) in [5.74, 6) is -0.213. The van der Waals surface area contributed by atoms with Crippen molar-refractivity contribution in [3.05, 3.63) is 5.82 Å². The Balaban J connectivity index is 2.70. The molecule has 1 N–H and O–H groups in total.